The maximum Gasteiger partial charge on any atom is 0.251 e. The van der Waals surface area contributed by atoms with Gasteiger partial charge in [0.15, 0.2) is 0 Å². The molecule has 1 N–H and O–H groups in total. The molecular weight excluding hydrogens is 288 g/mol. The zero-order valence-electron chi connectivity index (χ0n) is 11.5. The maximum atomic E-state index is 11.9. The predicted octanol–water partition coefficient (Wildman–Crippen LogP) is 2.41. The van der Waals surface area contributed by atoms with Gasteiger partial charge in [-0.2, -0.15) is 0 Å². The van der Waals surface area contributed by atoms with Crippen molar-refractivity contribution in [3.63, 3.8) is 0 Å². The summed E-state index contributed by atoms with van der Waals surface area (Å²) in [6.07, 6.45) is 5.04. The summed E-state index contributed by atoms with van der Waals surface area (Å²) in [4.78, 5) is 15.8. The van der Waals surface area contributed by atoms with Crippen molar-refractivity contribution in [3.8, 4) is 5.75 Å². The summed E-state index contributed by atoms with van der Waals surface area (Å²) >= 11 is 0. The van der Waals surface area contributed by atoms with Crippen molar-refractivity contribution in [1.82, 2.24) is 10.3 Å². The first-order valence-corrected chi connectivity index (χ1v) is 6.76. The van der Waals surface area contributed by atoms with Crippen LogP contribution >= 0.6 is 12.4 Å². The van der Waals surface area contributed by atoms with Crippen LogP contribution in [0.4, 0.5) is 0 Å². The van der Waals surface area contributed by atoms with Crippen LogP contribution in [-0.2, 0) is 12.8 Å². The van der Waals surface area contributed by atoms with Crippen LogP contribution in [0.3, 0.4) is 0 Å². The molecule has 0 fully saturated rings. The second kappa shape index (κ2) is 7.09. The van der Waals surface area contributed by atoms with Crippen molar-refractivity contribution in [3.05, 3.63) is 59.4 Å². The highest BCUT2D eigenvalue weighted by Gasteiger charge is 2.12. The van der Waals surface area contributed by atoms with E-state index in [-0.39, 0.29) is 18.3 Å². The molecule has 0 atom stereocenters. The Bertz CT molecular complexity index is 617. The molecule has 1 amide bonds. The van der Waals surface area contributed by atoms with Gasteiger partial charge >= 0.3 is 0 Å². The van der Waals surface area contributed by atoms with Crippen LogP contribution in [0.15, 0.2) is 42.7 Å². The first kappa shape index (κ1) is 15.3. The Kier molecular flexibility index (Phi) is 5.17. The molecule has 2 aromatic rings. The van der Waals surface area contributed by atoms with Crippen molar-refractivity contribution in [1.29, 1.82) is 0 Å². The predicted molar refractivity (Wildman–Crippen MR) is 83.2 cm³/mol. The Morgan fingerprint density at radius 3 is 2.86 bits per heavy atom. The first-order valence-electron chi connectivity index (χ1n) is 6.76. The van der Waals surface area contributed by atoms with Crippen molar-refractivity contribution < 1.29 is 9.53 Å². The number of amides is 1. The minimum Gasteiger partial charge on any atom is -0.493 e. The number of hydrogen-bond acceptors (Lipinski definition) is 3. The highest BCUT2D eigenvalue weighted by molar-refractivity contribution is 5.93. The van der Waals surface area contributed by atoms with Crippen LogP contribution in [0, 0.1) is 0 Å². The fourth-order valence-electron chi connectivity index (χ4n) is 2.32. The van der Waals surface area contributed by atoms with Crippen molar-refractivity contribution in [2.45, 2.75) is 12.8 Å². The lowest BCUT2D eigenvalue weighted by Crippen LogP contribution is -2.25. The fourth-order valence-corrected chi connectivity index (χ4v) is 2.32. The molecule has 3 rings (SSSR count). The Morgan fingerprint density at radius 2 is 2.05 bits per heavy atom. The molecule has 1 aliphatic heterocycles. The Morgan fingerprint density at radius 1 is 1.24 bits per heavy atom. The van der Waals surface area contributed by atoms with E-state index in [2.05, 4.69) is 22.4 Å². The number of rotatable bonds is 4. The van der Waals surface area contributed by atoms with E-state index in [1.807, 2.05) is 6.07 Å². The average molecular weight is 305 g/mol. The molecule has 0 unspecified atom stereocenters. The lowest BCUT2D eigenvalue weighted by Gasteiger charge is -2.06. The summed E-state index contributed by atoms with van der Waals surface area (Å²) in [5.74, 6) is 0.937. The molecule has 2 heterocycles. The third-order valence-corrected chi connectivity index (χ3v) is 3.40. The monoisotopic (exact) mass is 304 g/mol. The van der Waals surface area contributed by atoms with Crippen LogP contribution < -0.4 is 10.1 Å². The van der Waals surface area contributed by atoms with E-state index in [4.69, 9.17) is 4.74 Å². The lowest BCUT2D eigenvalue weighted by molar-refractivity contribution is 0.0954. The summed E-state index contributed by atoms with van der Waals surface area (Å²) in [6.45, 7) is 1.40. The van der Waals surface area contributed by atoms with E-state index in [1.54, 1.807) is 24.5 Å². The van der Waals surface area contributed by atoms with Gasteiger partial charge < -0.3 is 10.1 Å². The SMILES string of the molecule is Cl.O=C(NCCc1ccc2c(c1)CCO2)c1ccncc1. The number of ether oxygens (including phenoxy) is 1. The minimum absolute atomic E-state index is 0. The Balaban J connectivity index is 0.00000161. The molecular formula is C16H17ClN2O2. The smallest absolute Gasteiger partial charge is 0.251 e. The molecule has 1 aromatic heterocycles. The van der Waals surface area contributed by atoms with E-state index < -0.39 is 0 Å². The summed E-state index contributed by atoms with van der Waals surface area (Å²) in [5, 5.41) is 2.92. The van der Waals surface area contributed by atoms with Gasteiger partial charge in [-0.15, -0.1) is 12.4 Å². The number of carbonyl (C=O) groups excluding carboxylic acids is 1. The van der Waals surface area contributed by atoms with Crippen molar-refractivity contribution in [2.75, 3.05) is 13.2 Å². The molecule has 4 nitrogen and oxygen atoms in total. The molecule has 1 aromatic carbocycles. The lowest BCUT2D eigenvalue weighted by atomic mass is 10.1. The number of benzene rings is 1. The van der Waals surface area contributed by atoms with Crippen LogP contribution in [0.25, 0.3) is 0 Å². The maximum absolute atomic E-state index is 11.9. The van der Waals surface area contributed by atoms with E-state index in [0.29, 0.717) is 12.1 Å². The van der Waals surface area contributed by atoms with Crippen molar-refractivity contribution in [2.24, 2.45) is 0 Å². The van der Waals surface area contributed by atoms with Gasteiger partial charge in [-0.25, -0.2) is 0 Å². The van der Waals surface area contributed by atoms with Gasteiger partial charge in [0, 0.05) is 30.9 Å². The van der Waals surface area contributed by atoms with Crippen LogP contribution in [-0.4, -0.2) is 24.0 Å². The highest BCUT2D eigenvalue weighted by Crippen LogP contribution is 2.25. The van der Waals surface area contributed by atoms with E-state index in [1.165, 1.54) is 11.1 Å². The van der Waals surface area contributed by atoms with E-state index >= 15 is 0 Å². The topological polar surface area (TPSA) is 51.2 Å². The summed E-state index contributed by atoms with van der Waals surface area (Å²) in [5.41, 5.74) is 3.13. The molecule has 5 heteroatoms. The number of halogens is 1. The second-order valence-corrected chi connectivity index (χ2v) is 4.78. The van der Waals surface area contributed by atoms with E-state index in [0.717, 1.165) is 25.2 Å². The van der Waals surface area contributed by atoms with Crippen LogP contribution in [0.2, 0.25) is 0 Å². The number of fused-ring (bicyclic) bond motifs is 1. The summed E-state index contributed by atoms with van der Waals surface area (Å²) in [6, 6.07) is 9.66. The van der Waals surface area contributed by atoms with Gasteiger partial charge in [0.2, 0.25) is 0 Å². The van der Waals surface area contributed by atoms with Gasteiger partial charge in [-0.05, 0) is 35.7 Å². The average Bonchev–Trinajstić information content (AvgIpc) is 2.95. The van der Waals surface area contributed by atoms with Crippen LogP contribution in [0.5, 0.6) is 5.75 Å². The third-order valence-electron chi connectivity index (χ3n) is 3.40. The van der Waals surface area contributed by atoms with Crippen molar-refractivity contribution >= 4 is 18.3 Å². The standard InChI is InChI=1S/C16H16N2O2.ClH/c19-16(13-4-7-17-8-5-13)18-9-3-12-1-2-15-14(11-12)6-10-20-15;/h1-2,4-5,7-8,11H,3,6,9-10H2,(H,18,19);1H. The molecule has 0 bridgehead atoms. The molecule has 0 aliphatic carbocycles. The Hall–Kier alpha value is -2.07. The number of nitrogens with zero attached hydrogens (tertiary/aromatic N) is 1. The highest BCUT2D eigenvalue weighted by atomic mass is 35.5. The molecule has 1 aliphatic rings. The molecule has 0 saturated carbocycles. The van der Waals surface area contributed by atoms with Gasteiger partial charge in [0.1, 0.15) is 5.75 Å². The molecule has 0 spiro atoms. The zero-order chi connectivity index (χ0) is 13.8. The molecule has 0 radical (unpaired) electrons. The van der Waals surface area contributed by atoms with Gasteiger partial charge in [0.25, 0.3) is 5.91 Å². The summed E-state index contributed by atoms with van der Waals surface area (Å²) in [7, 11) is 0. The van der Waals surface area contributed by atoms with E-state index in [9.17, 15) is 4.79 Å². The fraction of sp³-hybridized carbons (Fsp3) is 0.250. The third kappa shape index (κ3) is 3.73. The Labute approximate surface area is 130 Å². The molecule has 0 saturated heterocycles. The van der Waals surface area contributed by atoms with Gasteiger partial charge in [-0.3, -0.25) is 9.78 Å². The number of carbonyl (C=O) groups is 1. The van der Waals surface area contributed by atoms with Crippen LogP contribution in [0.1, 0.15) is 21.5 Å². The zero-order valence-corrected chi connectivity index (χ0v) is 12.4. The number of hydrogen-bond donors (Lipinski definition) is 1. The number of aromatic nitrogens is 1. The van der Waals surface area contributed by atoms with Gasteiger partial charge in [-0.1, -0.05) is 12.1 Å². The first-order chi connectivity index (χ1) is 9.83. The molecule has 110 valence electrons. The largest absolute Gasteiger partial charge is 0.493 e. The number of pyridine rings is 1. The molecule has 21 heavy (non-hydrogen) atoms. The normalized spacial score (nSPS) is 12.0. The minimum atomic E-state index is -0.0584. The van der Waals surface area contributed by atoms with Gasteiger partial charge in [0.05, 0.1) is 6.61 Å². The summed E-state index contributed by atoms with van der Waals surface area (Å²) < 4.78 is 5.48. The quantitative estimate of drug-likeness (QED) is 0.944. The number of nitrogens with one attached hydrogen (secondary N) is 1. The second-order valence-electron chi connectivity index (χ2n) is 4.78.